The lowest BCUT2D eigenvalue weighted by Crippen LogP contribution is -2.55. The molecular weight excluding hydrogens is 510 g/mol. The van der Waals surface area contributed by atoms with E-state index in [0.29, 0.717) is 16.7 Å². The first-order valence-corrected chi connectivity index (χ1v) is 13.4. The Morgan fingerprint density at radius 3 is 2.30 bits per heavy atom. The van der Waals surface area contributed by atoms with Gasteiger partial charge >= 0.3 is 6.09 Å². The molecule has 0 fully saturated rings. The largest absolute Gasteiger partial charge is 0.508 e. The molecule has 0 spiro atoms. The molecule has 3 amide bonds. The molecule has 216 valence electrons. The van der Waals surface area contributed by atoms with Gasteiger partial charge < -0.3 is 30.5 Å². The van der Waals surface area contributed by atoms with Crippen molar-refractivity contribution in [3.8, 4) is 18.1 Å². The van der Waals surface area contributed by atoms with E-state index in [4.69, 9.17) is 11.2 Å². The second-order valence-electron chi connectivity index (χ2n) is 10.7. The molecule has 0 heterocycles. The lowest BCUT2D eigenvalue weighted by molar-refractivity contribution is -0.143. The van der Waals surface area contributed by atoms with Gasteiger partial charge in [0.05, 0.1) is 6.61 Å². The fourth-order valence-corrected chi connectivity index (χ4v) is 4.34. The first-order valence-electron chi connectivity index (χ1n) is 13.4. The van der Waals surface area contributed by atoms with Crippen molar-refractivity contribution < 1.29 is 29.3 Å². The summed E-state index contributed by atoms with van der Waals surface area (Å²) in [5.41, 5.74) is 0.688. The molecule has 3 unspecified atom stereocenters. The number of phenols is 1. The predicted molar refractivity (Wildman–Crippen MR) is 153 cm³/mol. The van der Waals surface area contributed by atoms with Crippen molar-refractivity contribution in [1.29, 1.82) is 0 Å². The van der Waals surface area contributed by atoms with E-state index in [-0.39, 0.29) is 24.8 Å². The SMILES string of the molecule is C#Cc1ccccc1C(C(=O)NC(C)CCC)N(CCO)C(=O)C(Cc1ccc(O)cc1)NC(=O)OC(C)(C)C. The second kappa shape index (κ2) is 14.9. The predicted octanol–water partition coefficient (Wildman–Crippen LogP) is 3.68. The number of aliphatic hydroxyl groups is 1. The molecule has 4 N–H and O–H groups in total. The van der Waals surface area contributed by atoms with Crippen molar-refractivity contribution in [2.75, 3.05) is 13.2 Å². The molecule has 40 heavy (non-hydrogen) atoms. The number of amides is 3. The highest BCUT2D eigenvalue weighted by Crippen LogP contribution is 2.26. The average Bonchev–Trinajstić information content (AvgIpc) is 2.88. The van der Waals surface area contributed by atoms with E-state index in [0.717, 1.165) is 12.8 Å². The third-order valence-electron chi connectivity index (χ3n) is 6.07. The van der Waals surface area contributed by atoms with Crippen LogP contribution in [0.5, 0.6) is 5.75 Å². The molecule has 0 aliphatic rings. The number of nitrogens with one attached hydrogen (secondary N) is 2. The van der Waals surface area contributed by atoms with Crippen LogP contribution in [-0.4, -0.2) is 63.9 Å². The van der Waals surface area contributed by atoms with Crippen LogP contribution in [0.25, 0.3) is 0 Å². The molecule has 0 aliphatic carbocycles. The third-order valence-corrected chi connectivity index (χ3v) is 6.07. The van der Waals surface area contributed by atoms with Gasteiger partial charge in [-0.3, -0.25) is 9.59 Å². The smallest absolute Gasteiger partial charge is 0.408 e. The van der Waals surface area contributed by atoms with Crippen LogP contribution < -0.4 is 10.6 Å². The number of benzene rings is 2. The Kier molecular flexibility index (Phi) is 12.0. The molecule has 2 rings (SSSR count). The van der Waals surface area contributed by atoms with E-state index >= 15 is 0 Å². The summed E-state index contributed by atoms with van der Waals surface area (Å²) in [6, 6.07) is 10.5. The van der Waals surface area contributed by atoms with Crippen LogP contribution in [0.2, 0.25) is 0 Å². The Morgan fingerprint density at radius 1 is 1.07 bits per heavy atom. The van der Waals surface area contributed by atoms with Crippen LogP contribution in [0.3, 0.4) is 0 Å². The van der Waals surface area contributed by atoms with Crippen LogP contribution in [0.4, 0.5) is 4.79 Å². The maximum atomic E-state index is 14.2. The van der Waals surface area contributed by atoms with Gasteiger partial charge in [0, 0.05) is 24.6 Å². The Bertz CT molecular complexity index is 1180. The van der Waals surface area contributed by atoms with Crippen molar-refractivity contribution in [2.45, 2.75) is 77.6 Å². The van der Waals surface area contributed by atoms with Gasteiger partial charge in [-0.1, -0.05) is 49.6 Å². The minimum atomic E-state index is -1.17. The Hall–Kier alpha value is -4.03. The fraction of sp³-hybridized carbons (Fsp3) is 0.452. The van der Waals surface area contributed by atoms with E-state index < -0.39 is 42.2 Å². The minimum Gasteiger partial charge on any atom is -0.508 e. The van der Waals surface area contributed by atoms with E-state index in [1.807, 2.05) is 13.8 Å². The molecule has 3 atom stereocenters. The summed E-state index contributed by atoms with van der Waals surface area (Å²) < 4.78 is 5.41. The summed E-state index contributed by atoms with van der Waals surface area (Å²) in [7, 11) is 0. The van der Waals surface area contributed by atoms with Crippen LogP contribution in [-0.2, 0) is 20.7 Å². The second-order valence-corrected chi connectivity index (χ2v) is 10.7. The van der Waals surface area contributed by atoms with E-state index in [9.17, 15) is 24.6 Å². The minimum absolute atomic E-state index is 0.0393. The van der Waals surface area contributed by atoms with Gasteiger partial charge in [-0.25, -0.2) is 4.79 Å². The van der Waals surface area contributed by atoms with Crippen LogP contribution in [0.1, 0.15) is 70.2 Å². The Labute approximate surface area is 236 Å². The van der Waals surface area contributed by atoms with E-state index in [2.05, 4.69) is 16.6 Å². The Morgan fingerprint density at radius 2 is 1.73 bits per heavy atom. The topological polar surface area (TPSA) is 128 Å². The van der Waals surface area contributed by atoms with Gasteiger partial charge in [-0.05, 0) is 63.4 Å². The van der Waals surface area contributed by atoms with Crippen molar-refractivity contribution in [3.63, 3.8) is 0 Å². The first kappa shape index (κ1) is 32.2. The summed E-state index contributed by atoms with van der Waals surface area (Å²) >= 11 is 0. The number of carbonyl (C=O) groups is 3. The van der Waals surface area contributed by atoms with Gasteiger partial charge in [-0.2, -0.15) is 0 Å². The maximum absolute atomic E-state index is 14.2. The zero-order valence-electron chi connectivity index (χ0n) is 23.9. The van der Waals surface area contributed by atoms with Crippen LogP contribution in [0.15, 0.2) is 48.5 Å². The summed E-state index contributed by atoms with van der Waals surface area (Å²) in [6.45, 7) is 8.37. The standard InChI is InChI=1S/C31H41N3O6/c1-7-11-21(3)32-28(37)27(25-13-10-9-12-23(25)8-2)34(18-19-35)29(38)26(33-30(39)40-31(4,5)6)20-22-14-16-24(36)17-15-22/h2,9-10,12-17,21,26-27,35-36H,7,11,18-20H2,1,3-6H3,(H,32,37)(H,33,39). The lowest BCUT2D eigenvalue weighted by Gasteiger charge is -2.35. The highest BCUT2D eigenvalue weighted by atomic mass is 16.6. The molecule has 9 nitrogen and oxygen atoms in total. The number of rotatable bonds is 12. The number of carbonyl (C=O) groups excluding carboxylic acids is 3. The summed E-state index contributed by atoms with van der Waals surface area (Å²) in [4.78, 5) is 42.0. The fourth-order valence-electron chi connectivity index (χ4n) is 4.34. The number of alkyl carbamates (subject to hydrolysis) is 1. The lowest BCUT2D eigenvalue weighted by atomic mass is 9.96. The molecule has 9 heteroatoms. The number of hydrogen-bond donors (Lipinski definition) is 4. The normalized spacial score (nSPS) is 13.3. The summed E-state index contributed by atoms with van der Waals surface area (Å²) in [6.07, 6.45) is 6.56. The quantitative estimate of drug-likeness (QED) is 0.298. The molecule has 0 aliphatic heterocycles. The average molecular weight is 552 g/mol. The summed E-state index contributed by atoms with van der Waals surface area (Å²) in [5, 5.41) is 25.3. The van der Waals surface area contributed by atoms with E-state index in [1.54, 1.807) is 57.2 Å². The van der Waals surface area contributed by atoms with Gasteiger partial charge in [0.2, 0.25) is 11.8 Å². The number of ether oxygens (including phenoxy) is 1. The molecule has 2 aromatic carbocycles. The zero-order chi connectivity index (χ0) is 29.9. The molecule has 0 saturated heterocycles. The van der Waals surface area contributed by atoms with Gasteiger partial charge in [0.15, 0.2) is 0 Å². The number of nitrogens with zero attached hydrogens (tertiary/aromatic N) is 1. The number of aliphatic hydroxyl groups excluding tert-OH is 1. The van der Waals surface area contributed by atoms with Gasteiger partial charge in [-0.15, -0.1) is 6.42 Å². The number of hydrogen-bond acceptors (Lipinski definition) is 6. The highest BCUT2D eigenvalue weighted by Gasteiger charge is 2.37. The zero-order valence-corrected chi connectivity index (χ0v) is 23.9. The monoisotopic (exact) mass is 551 g/mol. The highest BCUT2D eigenvalue weighted by molar-refractivity contribution is 5.92. The van der Waals surface area contributed by atoms with E-state index in [1.165, 1.54) is 17.0 Å². The molecule has 0 radical (unpaired) electrons. The van der Waals surface area contributed by atoms with Crippen molar-refractivity contribution in [3.05, 3.63) is 65.2 Å². The number of phenolic OH excluding ortho intramolecular Hbond substituents is 1. The number of aromatic hydroxyl groups is 1. The van der Waals surface area contributed by atoms with Gasteiger partial charge in [0.1, 0.15) is 23.4 Å². The maximum Gasteiger partial charge on any atom is 0.408 e. The summed E-state index contributed by atoms with van der Waals surface area (Å²) in [5.74, 6) is 1.58. The first-order chi connectivity index (χ1) is 18.9. The van der Waals surface area contributed by atoms with Gasteiger partial charge in [0.25, 0.3) is 0 Å². The van der Waals surface area contributed by atoms with Crippen molar-refractivity contribution >= 4 is 17.9 Å². The number of terminal acetylenes is 1. The van der Waals surface area contributed by atoms with Crippen molar-refractivity contribution in [2.24, 2.45) is 0 Å². The molecule has 2 aromatic rings. The molecule has 0 bridgehead atoms. The van der Waals surface area contributed by atoms with Crippen LogP contribution >= 0.6 is 0 Å². The third kappa shape index (κ3) is 9.62. The molecular formula is C31H41N3O6. The van der Waals surface area contributed by atoms with Crippen molar-refractivity contribution in [1.82, 2.24) is 15.5 Å². The Balaban J connectivity index is 2.58. The molecule has 0 saturated carbocycles. The van der Waals surface area contributed by atoms with Crippen LogP contribution in [0, 0.1) is 12.3 Å². The molecule has 0 aromatic heterocycles.